The van der Waals surface area contributed by atoms with Crippen LogP contribution in [-0.4, -0.2) is 12.6 Å². The summed E-state index contributed by atoms with van der Waals surface area (Å²) in [6.07, 6.45) is 0.448. The van der Waals surface area contributed by atoms with Crippen LogP contribution in [0.3, 0.4) is 0 Å². The molecule has 0 aliphatic carbocycles. The lowest BCUT2D eigenvalue weighted by Gasteiger charge is -1.96. The third-order valence-corrected chi connectivity index (χ3v) is 1.37. The van der Waals surface area contributed by atoms with Crippen LogP contribution < -0.4 is 0 Å². The monoisotopic (exact) mass is 170 g/mol. The number of halogens is 2. The van der Waals surface area contributed by atoms with Crippen molar-refractivity contribution in [3.63, 3.8) is 0 Å². The van der Waals surface area contributed by atoms with E-state index in [1.165, 1.54) is 0 Å². The van der Waals surface area contributed by atoms with Gasteiger partial charge in [0.25, 0.3) is 0 Å². The van der Waals surface area contributed by atoms with Crippen LogP contribution >= 0.6 is 0 Å². The first-order valence-electron chi connectivity index (χ1n) is 3.08. The number of hydrogen-bond donors (Lipinski definition) is 0. The molecule has 12 heavy (non-hydrogen) atoms. The van der Waals surface area contributed by atoms with Crippen LogP contribution in [-0.2, 0) is 0 Å². The molecule has 1 aromatic rings. The van der Waals surface area contributed by atoms with Crippen LogP contribution in [0, 0.1) is 11.6 Å². The minimum Gasteiger partial charge on any atom is -0.298 e. The average molecular weight is 170 g/mol. The molecule has 0 N–H and O–H groups in total. The van der Waals surface area contributed by atoms with Crippen molar-refractivity contribution in [2.45, 2.75) is 0 Å². The lowest BCUT2D eigenvalue weighted by molar-refractivity contribution is 0.111. The molecular formula is C8H4F2O2. The summed E-state index contributed by atoms with van der Waals surface area (Å²) in [4.78, 5) is 20.3. The van der Waals surface area contributed by atoms with Crippen molar-refractivity contribution < 1.29 is 18.4 Å². The largest absolute Gasteiger partial charge is 0.298 e. The van der Waals surface area contributed by atoms with Gasteiger partial charge in [0.05, 0.1) is 11.1 Å². The number of hydrogen-bond acceptors (Lipinski definition) is 2. The summed E-state index contributed by atoms with van der Waals surface area (Å²) in [7, 11) is 0. The second-order valence-electron chi connectivity index (χ2n) is 2.13. The number of carbonyl (C=O) groups is 2. The van der Waals surface area contributed by atoms with Gasteiger partial charge in [0.2, 0.25) is 0 Å². The molecule has 0 heterocycles. The van der Waals surface area contributed by atoms with E-state index in [1.807, 2.05) is 0 Å². The second-order valence-corrected chi connectivity index (χ2v) is 2.13. The van der Waals surface area contributed by atoms with Crippen LogP contribution in [0.15, 0.2) is 12.1 Å². The van der Waals surface area contributed by atoms with Gasteiger partial charge in [0.1, 0.15) is 11.6 Å². The van der Waals surface area contributed by atoms with Gasteiger partial charge in [0.15, 0.2) is 12.6 Å². The van der Waals surface area contributed by atoms with Crippen molar-refractivity contribution in [3.8, 4) is 0 Å². The fourth-order valence-electron chi connectivity index (χ4n) is 0.764. The summed E-state index contributed by atoms with van der Waals surface area (Å²) in [6.45, 7) is 0. The van der Waals surface area contributed by atoms with Crippen molar-refractivity contribution in [1.82, 2.24) is 0 Å². The first kappa shape index (κ1) is 8.52. The van der Waals surface area contributed by atoms with Crippen molar-refractivity contribution in [3.05, 3.63) is 34.9 Å². The molecule has 0 fully saturated rings. The second kappa shape index (κ2) is 3.21. The predicted octanol–water partition coefficient (Wildman–Crippen LogP) is 1.59. The maximum Gasteiger partial charge on any atom is 0.153 e. The van der Waals surface area contributed by atoms with Crippen molar-refractivity contribution in [2.75, 3.05) is 0 Å². The first-order valence-corrected chi connectivity index (χ1v) is 3.08. The minimum atomic E-state index is -0.965. The normalized spacial score (nSPS) is 9.50. The van der Waals surface area contributed by atoms with Gasteiger partial charge in [-0.1, -0.05) is 0 Å². The van der Waals surface area contributed by atoms with E-state index in [0.717, 1.165) is 6.07 Å². The molecule has 0 aliphatic heterocycles. The molecule has 0 radical (unpaired) electrons. The zero-order chi connectivity index (χ0) is 9.14. The Bertz CT molecular complexity index is 305. The van der Waals surface area contributed by atoms with Gasteiger partial charge < -0.3 is 0 Å². The lowest BCUT2D eigenvalue weighted by Crippen LogP contribution is -1.95. The molecule has 2 nitrogen and oxygen atoms in total. The highest BCUT2D eigenvalue weighted by Crippen LogP contribution is 2.11. The molecule has 0 spiro atoms. The summed E-state index contributed by atoms with van der Waals surface area (Å²) >= 11 is 0. The summed E-state index contributed by atoms with van der Waals surface area (Å²) in [5, 5.41) is 0. The Morgan fingerprint density at radius 1 is 0.917 bits per heavy atom. The van der Waals surface area contributed by atoms with Crippen LogP contribution in [0.2, 0.25) is 0 Å². The third-order valence-electron chi connectivity index (χ3n) is 1.37. The van der Waals surface area contributed by atoms with Crippen LogP contribution in [0.1, 0.15) is 20.7 Å². The van der Waals surface area contributed by atoms with Crippen molar-refractivity contribution >= 4 is 12.6 Å². The van der Waals surface area contributed by atoms with E-state index in [4.69, 9.17) is 0 Å². The fraction of sp³-hybridized carbons (Fsp3) is 0. The van der Waals surface area contributed by atoms with Gasteiger partial charge in [-0.2, -0.15) is 0 Å². The van der Waals surface area contributed by atoms with Gasteiger partial charge in [-0.05, 0) is 6.07 Å². The standard InChI is InChI=1S/C8H4F2O2/c9-7-2-8(10)6(4-12)1-5(7)3-11/h1-4H. The molecule has 1 rings (SSSR count). The van der Waals surface area contributed by atoms with Crippen molar-refractivity contribution in [1.29, 1.82) is 0 Å². The highest BCUT2D eigenvalue weighted by molar-refractivity contribution is 5.82. The molecule has 62 valence electrons. The number of benzene rings is 1. The molecule has 0 unspecified atom stereocenters. The molecule has 0 bridgehead atoms. The molecule has 4 heteroatoms. The van der Waals surface area contributed by atoms with E-state index in [0.29, 0.717) is 6.07 Å². The van der Waals surface area contributed by atoms with Crippen LogP contribution in [0.25, 0.3) is 0 Å². The van der Waals surface area contributed by atoms with Gasteiger partial charge in [0, 0.05) is 6.07 Å². The molecule has 0 atom stereocenters. The lowest BCUT2D eigenvalue weighted by atomic mass is 10.1. The highest BCUT2D eigenvalue weighted by Gasteiger charge is 2.07. The van der Waals surface area contributed by atoms with E-state index < -0.39 is 11.6 Å². The Balaban J connectivity index is 3.36. The third kappa shape index (κ3) is 1.37. The fourth-order valence-corrected chi connectivity index (χ4v) is 0.764. The smallest absolute Gasteiger partial charge is 0.153 e. The molecule has 0 aliphatic rings. The zero-order valence-corrected chi connectivity index (χ0v) is 5.88. The Labute approximate surface area is 66.8 Å². The highest BCUT2D eigenvalue weighted by atomic mass is 19.1. The van der Waals surface area contributed by atoms with E-state index in [2.05, 4.69) is 0 Å². The van der Waals surface area contributed by atoms with E-state index in [1.54, 1.807) is 0 Å². The molecule has 0 saturated heterocycles. The quantitative estimate of drug-likeness (QED) is 0.631. The van der Waals surface area contributed by atoms with Gasteiger partial charge in [-0.15, -0.1) is 0 Å². The van der Waals surface area contributed by atoms with E-state index in [9.17, 15) is 18.4 Å². The molecule has 0 aromatic heterocycles. The predicted molar refractivity (Wildman–Crippen MR) is 37.1 cm³/mol. The molecule has 1 aromatic carbocycles. The van der Waals surface area contributed by atoms with Crippen molar-refractivity contribution in [2.24, 2.45) is 0 Å². The SMILES string of the molecule is O=Cc1cc(C=O)c(F)cc1F. The summed E-state index contributed by atoms with van der Waals surface area (Å²) in [5.74, 6) is -1.93. The maximum atomic E-state index is 12.6. The molecular weight excluding hydrogens is 166 g/mol. The number of rotatable bonds is 2. The summed E-state index contributed by atoms with van der Waals surface area (Å²) in [5.41, 5.74) is -0.642. The van der Waals surface area contributed by atoms with Gasteiger partial charge in [-0.3, -0.25) is 9.59 Å². The van der Waals surface area contributed by atoms with Crippen LogP contribution in [0.4, 0.5) is 8.78 Å². The average Bonchev–Trinajstić information content (AvgIpc) is 2.05. The van der Waals surface area contributed by atoms with E-state index in [-0.39, 0.29) is 23.7 Å². The van der Waals surface area contributed by atoms with E-state index >= 15 is 0 Å². The Kier molecular flexibility index (Phi) is 2.28. The molecule has 0 amide bonds. The van der Waals surface area contributed by atoms with Gasteiger partial charge >= 0.3 is 0 Å². The van der Waals surface area contributed by atoms with Crippen LogP contribution in [0.5, 0.6) is 0 Å². The molecule has 0 saturated carbocycles. The topological polar surface area (TPSA) is 34.1 Å². The minimum absolute atomic E-state index is 0.224. The summed E-state index contributed by atoms with van der Waals surface area (Å²) in [6, 6.07) is 1.37. The maximum absolute atomic E-state index is 12.6. The number of carbonyl (C=O) groups excluding carboxylic acids is 2. The number of aldehydes is 2. The van der Waals surface area contributed by atoms with Gasteiger partial charge in [-0.25, -0.2) is 8.78 Å². The Hall–Kier alpha value is -1.58. The first-order chi connectivity index (χ1) is 5.69. The Morgan fingerprint density at radius 3 is 1.67 bits per heavy atom. The Morgan fingerprint density at radius 2 is 1.33 bits per heavy atom. The summed E-state index contributed by atoms with van der Waals surface area (Å²) < 4.78 is 25.2. The zero-order valence-electron chi connectivity index (χ0n) is 5.88.